The standard InChI is InChI=1S/C19H22O2S/c1-3-4-5-6-15-7-9-16(10-8-15)19(20)22-18-13-11-17(21-2)12-14-18/h7-14H,3-6H2,1-2H3. The van der Waals surface area contributed by atoms with E-state index in [-0.39, 0.29) is 5.12 Å². The fourth-order valence-electron chi connectivity index (χ4n) is 2.20. The van der Waals surface area contributed by atoms with E-state index in [0.29, 0.717) is 0 Å². The van der Waals surface area contributed by atoms with Gasteiger partial charge in [0, 0.05) is 10.5 Å². The van der Waals surface area contributed by atoms with Crippen molar-refractivity contribution in [2.24, 2.45) is 0 Å². The molecule has 2 aromatic rings. The molecule has 0 aliphatic heterocycles. The van der Waals surface area contributed by atoms with Crippen molar-refractivity contribution < 1.29 is 9.53 Å². The number of hydrogen-bond acceptors (Lipinski definition) is 3. The average Bonchev–Trinajstić information content (AvgIpc) is 2.56. The molecule has 3 heteroatoms. The maximum absolute atomic E-state index is 12.3. The zero-order valence-corrected chi connectivity index (χ0v) is 14.0. The molecular weight excluding hydrogens is 292 g/mol. The van der Waals surface area contributed by atoms with Crippen LogP contribution in [-0.4, -0.2) is 12.2 Å². The maximum Gasteiger partial charge on any atom is 0.224 e. The largest absolute Gasteiger partial charge is 0.497 e. The molecule has 0 N–H and O–H groups in total. The van der Waals surface area contributed by atoms with Crippen molar-refractivity contribution in [3.63, 3.8) is 0 Å². The Balaban J connectivity index is 1.94. The second-order valence-electron chi connectivity index (χ2n) is 5.22. The fraction of sp³-hybridized carbons (Fsp3) is 0.316. The van der Waals surface area contributed by atoms with Crippen LogP contribution in [0.15, 0.2) is 53.4 Å². The summed E-state index contributed by atoms with van der Waals surface area (Å²) in [6, 6.07) is 15.5. The number of benzene rings is 2. The molecule has 22 heavy (non-hydrogen) atoms. The minimum Gasteiger partial charge on any atom is -0.497 e. The summed E-state index contributed by atoms with van der Waals surface area (Å²) in [5.41, 5.74) is 2.06. The highest BCUT2D eigenvalue weighted by Gasteiger charge is 2.08. The predicted molar refractivity (Wildman–Crippen MR) is 92.9 cm³/mol. The summed E-state index contributed by atoms with van der Waals surface area (Å²) in [5.74, 6) is 0.799. The summed E-state index contributed by atoms with van der Waals surface area (Å²) < 4.78 is 5.12. The predicted octanol–water partition coefficient (Wildman–Crippen LogP) is 5.36. The minimum absolute atomic E-state index is 0.0743. The van der Waals surface area contributed by atoms with E-state index in [4.69, 9.17) is 4.74 Å². The van der Waals surface area contributed by atoms with Crippen LogP contribution >= 0.6 is 11.8 Å². The summed E-state index contributed by atoms with van der Waals surface area (Å²) in [6.45, 7) is 2.21. The van der Waals surface area contributed by atoms with E-state index in [0.717, 1.165) is 22.6 Å². The average molecular weight is 314 g/mol. The van der Waals surface area contributed by atoms with Crippen molar-refractivity contribution in [1.82, 2.24) is 0 Å². The molecule has 0 unspecified atom stereocenters. The Morgan fingerprint density at radius 2 is 1.68 bits per heavy atom. The second-order valence-corrected chi connectivity index (χ2v) is 6.27. The number of carbonyl (C=O) groups is 1. The van der Waals surface area contributed by atoms with Gasteiger partial charge in [-0.2, -0.15) is 0 Å². The highest BCUT2D eigenvalue weighted by Crippen LogP contribution is 2.25. The van der Waals surface area contributed by atoms with Crippen LogP contribution in [0.3, 0.4) is 0 Å². The van der Waals surface area contributed by atoms with E-state index < -0.39 is 0 Å². The summed E-state index contributed by atoms with van der Waals surface area (Å²) >= 11 is 1.25. The minimum atomic E-state index is 0.0743. The molecule has 2 rings (SSSR count). The van der Waals surface area contributed by atoms with Crippen LogP contribution in [-0.2, 0) is 6.42 Å². The van der Waals surface area contributed by atoms with Gasteiger partial charge in [0.05, 0.1) is 7.11 Å². The Morgan fingerprint density at radius 1 is 1.00 bits per heavy atom. The lowest BCUT2D eigenvalue weighted by Crippen LogP contribution is -1.94. The lowest BCUT2D eigenvalue weighted by atomic mass is 10.1. The molecular formula is C19H22O2S. The lowest BCUT2D eigenvalue weighted by molar-refractivity contribution is 0.108. The second kappa shape index (κ2) is 8.64. The molecule has 2 nitrogen and oxygen atoms in total. The fourth-order valence-corrected chi connectivity index (χ4v) is 2.94. The molecule has 0 saturated carbocycles. The smallest absolute Gasteiger partial charge is 0.224 e. The summed E-state index contributed by atoms with van der Waals surface area (Å²) in [6.07, 6.45) is 4.79. The number of ether oxygens (including phenoxy) is 1. The van der Waals surface area contributed by atoms with Gasteiger partial charge in [-0.1, -0.05) is 44.0 Å². The summed E-state index contributed by atoms with van der Waals surface area (Å²) in [5, 5.41) is 0.0743. The molecule has 0 saturated heterocycles. The first-order chi connectivity index (χ1) is 10.7. The van der Waals surface area contributed by atoms with E-state index >= 15 is 0 Å². The molecule has 0 atom stereocenters. The van der Waals surface area contributed by atoms with Gasteiger partial charge >= 0.3 is 0 Å². The molecule has 0 radical (unpaired) electrons. The van der Waals surface area contributed by atoms with Gasteiger partial charge in [0.1, 0.15) is 5.75 Å². The first kappa shape index (κ1) is 16.6. The van der Waals surface area contributed by atoms with Crippen LogP contribution in [0.25, 0.3) is 0 Å². The first-order valence-electron chi connectivity index (χ1n) is 7.68. The van der Waals surface area contributed by atoms with E-state index in [1.807, 2.05) is 36.4 Å². The van der Waals surface area contributed by atoms with Gasteiger partial charge in [-0.3, -0.25) is 4.79 Å². The highest BCUT2D eigenvalue weighted by molar-refractivity contribution is 8.14. The van der Waals surface area contributed by atoms with Crippen LogP contribution in [0.5, 0.6) is 5.75 Å². The Bertz CT molecular complexity index is 588. The number of rotatable bonds is 7. The number of unbranched alkanes of at least 4 members (excludes halogenated alkanes) is 2. The third-order valence-electron chi connectivity index (χ3n) is 3.53. The van der Waals surface area contributed by atoms with Gasteiger partial charge in [-0.15, -0.1) is 0 Å². The van der Waals surface area contributed by atoms with Crippen molar-refractivity contribution in [3.05, 3.63) is 59.7 Å². The van der Waals surface area contributed by atoms with E-state index in [9.17, 15) is 4.79 Å². The molecule has 0 heterocycles. The van der Waals surface area contributed by atoms with Gasteiger partial charge in [0.25, 0.3) is 0 Å². The number of hydrogen-bond donors (Lipinski definition) is 0. The first-order valence-corrected chi connectivity index (χ1v) is 8.49. The number of thioether (sulfide) groups is 1. The van der Waals surface area contributed by atoms with E-state index in [1.54, 1.807) is 7.11 Å². The molecule has 0 bridgehead atoms. The van der Waals surface area contributed by atoms with Crippen molar-refractivity contribution >= 4 is 16.9 Å². The van der Waals surface area contributed by atoms with Gasteiger partial charge in [0.15, 0.2) is 0 Å². The van der Waals surface area contributed by atoms with Crippen LogP contribution in [0.4, 0.5) is 0 Å². The third-order valence-corrected chi connectivity index (χ3v) is 4.46. The van der Waals surface area contributed by atoms with Crippen molar-refractivity contribution in [2.45, 2.75) is 37.5 Å². The van der Waals surface area contributed by atoms with Crippen LogP contribution in [0, 0.1) is 0 Å². The van der Waals surface area contributed by atoms with Crippen molar-refractivity contribution in [3.8, 4) is 5.75 Å². The Hall–Kier alpha value is -1.74. The lowest BCUT2D eigenvalue weighted by Gasteiger charge is -2.05. The molecule has 0 fully saturated rings. The Labute approximate surface area is 136 Å². The van der Waals surface area contributed by atoms with Crippen LogP contribution in [0.1, 0.15) is 42.1 Å². The molecule has 2 aromatic carbocycles. The Kier molecular flexibility index (Phi) is 6.53. The van der Waals surface area contributed by atoms with E-state index in [1.165, 1.54) is 36.6 Å². The van der Waals surface area contributed by atoms with Gasteiger partial charge < -0.3 is 4.74 Å². The summed E-state index contributed by atoms with van der Waals surface area (Å²) in [7, 11) is 1.63. The van der Waals surface area contributed by atoms with Gasteiger partial charge in [-0.25, -0.2) is 0 Å². The summed E-state index contributed by atoms with van der Waals surface area (Å²) in [4.78, 5) is 13.2. The molecule has 0 spiro atoms. The monoisotopic (exact) mass is 314 g/mol. The molecule has 0 amide bonds. The zero-order valence-electron chi connectivity index (χ0n) is 13.2. The van der Waals surface area contributed by atoms with Gasteiger partial charge in [0.2, 0.25) is 5.12 Å². The van der Waals surface area contributed by atoms with E-state index in [2.05, 4.69) is 19.1 Å². The topological polar surface area (TPSA) is 26.3 Å². The highest BCUT2D eigenvalue weighted by atomic mass is 32.2. The number of methoxy groups -OCH3 is 1. The molecule has 0 aromatic heterocycles. The third kappa shape index (κ3) is 4.92. The van der Waals surface area contributed by atoms with Crippen LogP contribution in [0.2, 0.25) is 0 Å². The zero-order chi connectivity index (χ0) is 15.8. The molecule has 0 aliphatic carbocycles. The Morgan fingerprint density at radius 3 is 2.27 bits per heavy atom. The quantitative estimate of drug-likeness (QED) is 0.508. The molecule has 0 aliphatic rings. The molecule has 116 valence electrons. The normalized spacial score (nSPS) is 10.5. The van der Waals surface area contributed by atoms with Crippen molar-refractivity contribution in [2.75, 3.05) is 7.11 Å². The maximum atomic E-state index is 12.3. The number of carbonyl (C=O) groups excluding carboxylic acids is 1. The van der Waals surface area contributed by atoms with Crippen molar-refractivity contribution in [1.29, 1.82) is 0 Å². The SMILES string of the molecule is CCCCCc1ccc(C(=O)Sc2ccc(OC)cc2)cc1. The van der Waals surface area contributed by atoms with Gasteiger partial charge in [-0.05, 0) is 54.4 Å². The van der Waals surface area contributed by atoms with Crippen LogP contribution < -0.4 is 4.74 Å². The number of aryl methyl sites for hydroxylation is 1.